The van der Waals surface area contributed by atoms with Gasteiger partial charge in [0.05, 0.1) is 18.1 Å². The second kappa shape index (κ2) is 16.1. The lowest BCUT2D eigenvalue weighted by atomic mass is 10.1. The number of ether oxygens (including phenoxy) is 1. The minimum atomic E-state index is -4.71. The van der Waals surface area contributed by atoms with E-state index in [0.717, 1.165) is 32.1 Å². The van der Waals surface area contributed by atoms with Gasteiger partial charge in [-0.25, -0.2) is 5.43 Å². The van der Waals surface area contributed by atoms with Gasteiger partial charge in [0, 0.05) is 50.9 Å². The van der Waals surface area contributed by atoms with E-state index in [2.05, 4.69) is 25.4 Å². The van der Waals surface area contributed by atoms with Crippen molar-refractivity contribution in [2.75, 3.05) is 38.2 Å². The van der Waals surface area contributed by atoms with Crippen LogP contribution in [-0.2, 0) is 16.1 Å². The largest absolute Gasteiger partial charge is 0.573 e. The van der Waals surface area contributed by atoms with Crippen LogP contribution < -0.4 is 20.5 Å². The van der Waals surface area contributed by atoms with Gasteiger partial charge in [-0.3, -0.25) is 24.5 Å². The molecule has 5 rings (SSSR count). The average molecular weight is 621 g/mol. The molecule has 1 atom stereocenters. The molecular formula is C30H39F3N6O5. The molecule has 3 N–H and O–H groups in total. The predicted molar refractivity (Wildman–Crippen MR) is 158 cm³/mol. The number of likely N-dealkylation sites (tertiary alicyclic amines) is 1. The zero-order valence-electron chi connectivity index (χ0n) is 25.1. The van der Waals surface area contributed by atoms with Crippen LogP contribution in [0.25, 0.3) is 0 Å². The third-order valence-electron chi connectivity index (χ3n) is 7.03. The van der Waals surface area contributed by atoms with E-state index in [9.17, 15) is 32.7 Å². The van der Waals surface area contributed by atoms with Gasteiger partial charge in [0.1, 0.15) is 23.8 Å². The lowest BCUT2D eigenvalue weighted by Crippen LogP contribution is -2.46. The molecule has 3 aliphatic heterocycles. The molecule has 11 nitrogen and oxygen atoms in total. The monoisotopic (exact) mass is 620 g/mol. The van der Waals surface area contributed by atoms with Gasteiger partial charge < -0.3 is 24.9 Å². The van der Waals surface area contributed by atoms with Crippen molar-refractivity contribution < 1.29 is 37.4 Å². The number of aromatic nitrogens is 1. The molecule has 2 aromatic rings. The minimum absolute atomic E-state index is 0.0859. The van der Waals surface area contributed by atoms with Gasteiger partial charge in [0.15, 0.2) is 0 Å². The molecule has 1 saturated heterocycles. The van der Waals surface area contributed by atoms with Crippen LogP contribution in [0.5, 0.6) is 11.5 Å². The van der Waals surface area contributed by atoms with Crippen molar-refractivity contribution in [1.82, 2.24) is 25.5 Å². The summed E-state index contributed by atoms with van der Waals surface area (Å²) in [6, 6.07) is 5.15. The van der Waals surface area contributed by atoms with Crippen molar-refractivity contribution in [2.45, 2.75) is 58.5 Å². The number of amides is 2. The molecule has 44 heavy (non-hydrogen) atoms. The van der Waals surface area contributed by atoms with Crippen molar-refractivity contribution in [3.8, 4) is 11.5 Å². The number of carbonyl (C=O) groups is 3. The summed E-state index contributed by atoms with van der Waals surface area (Å²) in [6.07, 6.45) is 3.42. The van der Waals surface area contributed by atoms with Crippen LogP contribution in [0.4, 0.5) is 18.9 Å². The van der Waals surface area contributed by atoms with Gasteiger partial charge in [0.2, 0.25) is 5.91 Å². The maximum absolute atomic E-state index is 12.3. The van der Waals surface area contributed by atoms with E-state index in [1.807, 2.05) is 20.0 Å². The first-order valence-corrected chi connectivity index (χ1v) is 14.5. The first-order chi connectivity index (χ1) is 21.1. The number of carbonyl (C=O) groups excluding carboxylic acids is 3. The van der Waals surface area contributed by atoms with Crippen LogP contribution in [0, 0.1) is 0 Å². The van der Waals surface area contributed by atoms with Crippen LogP contribution >= 0.6 is 0 Å². The summed E-state index contributed by atoms with van der Waals surface area (Å²) in [7, 11) is 1.50. The summed E-state index contributed by atoms with van der Waals surface area (Å²) < 4.78 is 40.6. The molecule has 0 aliphatic carbocycles. The summed E-state index contributed by atoms with van der Waals surface area (Å²) in [6.45, 7) is 8.04. The van der Waals surface area contributed by atoms with Gasteiger partial charge in [-0.1, -0.05) is 13.8 Å². The lowest BCUT2D eigenvalue weighted by Gasteiger charge is -2.25. The maximum Gasteiger partial charge on any atom is 0.573 e. The van der Waals surface area contributed by atoms with Crippen molar-refractivity contribution >= 4 is 23.8 Å². The smallest absolute Gasteiger partial charge is 0.508 e. The highest BCUT2D eigenvalue weighted by molar-refractivity contribution is 6.01. The average Bonchev–Trinajstić information content (AvgIpc) is 3.76. The number of hydrogen-bond donors (Lipinski definition) is 3. The maximum atomic E-state index is 12.3. The molecule has 240 valence electrons. The molecule has 0 radical (unpaired) electrons. The molecule has 1 fully saturated rings. The molecule has 0 saturated carbocycles. The number of alkyl halides is 3. The number of nitrogens with zero attached hydrogens (tertiary/aromatic N) is 4. The van der Waals surface area contributed by atoms with Crippen LogP contribution in [-0.4, -0.2) is 83.6 Å². The molecule has 1 aromatic carbocycles. The quantitative estimate of drug-likeness (QED) is 0.359. The fourth-order valence-electron chi connectivity index (χ4n) is 5.08. The molecule has 3 aliphatic rings. The Labute approximate surface area is 254 Å². The fourth-order valence-corrected chi connectivity index (χ4v) is 5.08. The molecular weight excluding hydrogens is 581 g/mol. The Morgan fingerprint density at radius 2 is 1.93 bits per heavy atom. The Kier molecular flexibility index (Phi) is 12.5. The van der Waals surface area contributed by atoms with Gasteiger partial charge in [-0.2, -0.15) is 0 Å². The summed E-state index contributed by atoms with van der Waals surface area (Å²) in [5, 5.41) is 13.6. The SMILES string of the molecule is CC.CNC(=O)C(CCC=O)N1Cc2cc(O)ccc2C1=O.FC(F)(F)Oc1cncc(N2C=C(CN3CCCC3)CN2)c1. The van der Waals surface area contributed by atoms with E-state index in [0.29, 0.717) is 23.4 Å². The number of benzene rings is 1. The van der Waals surface area contributed by atoms with Crippen molar-refractivity contribution in [2.24, 2.45) is 0 Å². The van der Waals surface area contributed by atoms with E-state index >= 15 is 0 Å². The highest BCUT2D eigenvalue weighted by atomic mass is 19.4. The zero-order chi connectivity index (χ0) is 32.3. The molecule has 14 heteroatoms. The third-order valence-corrected chi connectivity index (χ3v) is 7.03. The van der Waals surface area contributed by atoms with Gasteiger partial charge >= 0.3 is 6.36 Å². The number of phenolic OH excluding ortho intramolecular Hbond substituents is 1. The molecule has 0 bridgehead atoms. The first-order valence-electron chi connectivity index (χ1n) is 14.5. The molecule has 2 amide bonds. The fraction of sp³-hybridized carbons (Fsp3) is 0.467. The van der Waals surface area contributed by atoms with Crippen LogP contribution in [0.1, 0.15) is 55.5 Å². The Morgan fingerprint density at radius 1 is 1.20 bits per heavy atom. The number of pyridine rings is 1. The standard InChI is InChI=1S/C14H17F3N4O.C14H16N2O4.C2H6/c15-14(16,17)22-13-5-12(7-18-8-13)21-10-11(6-19-21)9-20-3-1-2-4-20;1-15-13(19)12(3-2-6-17)16-8-9-7-10(18)4-5-11(9)14(16)20;1-2/h5,7-8,10,19H,1-4,6,9H2;4-7,12,18H,2-3,8H2,1H3,(H,15,19);1-2H3. The Bertz CT molecular complexity index is 1320. The van der Waals surface area contributed by atoms with Crippen LogP contribution in [0.3, 0.4) is 0 Å². The van der Waals surface area contributed by atoms with E-state index in [1.165, 1.54) is 54.8 Å². The van der Waals surface area contributed by atoms with Crippen LogP contribution in [0.15, 0.2) is 48.4 Å². The number of fused-ring (bicyclic) bond motifs is 1. The van der Waals surface area contributed by atoms with Crippen LogP contribution in [0.2, 0.25) is 0 Å². The number of anilines is 1. The normalized spacial score (nSPS) is 16.7. The third kappa shape index (κ3) is 9.41. The molecule has 1 unspecified atom stereocenters. The molecule has 0 spiro atoms. The number of aldehydes is 1. The van der Waals surface area contributed by atoms with E-state index in [1.54, 1.807) is 11.1 Å². The van der Waals surface area contributed by atoms with Gasteiger partial charge in [-0.05, 0) is 61.7 Å². The number of aromatic hydroxyl groups is 1. The number of phenols is 1. The highest BCUT2D eigenvalue weighted by Crippen LogP contribution is 2.29. The Morgan fingerprint density at radius 3 is 2.59 bits per heavy atom. The summed E-state index contributed by atoms with van der Waals surface area (Å²) in [5.74, 6) is -0.785. The first kappa shape index (κ1) is 34.3. The van der Waals surface area contributed by atoms with Crippen molar-refractivity contribution in [3.63, 3.8) is 0 Å². The number of rotatable bonds is 9. The Hall–Kier alpha value is -4.17. The number of hydrazine groups is 1. The summed E-state index contributed by atoms with van der Waals surface area (Å²) in [4.78, 5) is 42.3. The minimum Gasteiger partial charge on any atom is -0.508 e. The highest BCUT2D eigenvalue weighted by Gasteiger charge is 2.36. The van der Waals surface area contributed by atoms with E-state index < -0.39 is 12.4 Å². The van der Waals surface area contributed by atoms with Gasteiger partial charge in [-0.15, -0.1) is 13.2 Å². The Balaban J connectivity index is 0.000000229. The van der Waals surface area contributed by atoms with E-state index in [4.69, 9.17) is 0 Å². The van der Waals surface area contributed by atoms with Crippen molar-refractivity contribution in [1.29, 1.82) is 0 Å². The number of nitrogens with one attached hydrogen (secondary N) is 2. The number of likely N-dealkylation sites (N-methyl/N-ethyl adjacent to an activating group) is 1. The zero-order valence-corrected chi connectivity index (χ0v) is 25.1. The molecule has 1 aromatic heterocycles. The second-order valence-electron chi connectivity index (χ2n) is 10.1. The van der Waals surface area contributed by atoms with Gasteiger partial charge in [0.25, 0.3) is 5.91 Å². The van der Waals surface area contributed by atoms with Crippen molar-refractivity contribution in [3.05, 3.63) is 59.6 Å². The lowest BCUT2D eigenvalue weighted by molar-refractivity contribution is -0.274. The predicted octanol–water partition coefficient (Wildman–Crippen LogP) is 3.75. The topological polar surface area (TPSA) is 127 Å². The van der Waals surface area contributed by atoms with E-state index in [-0.39, 0.29) is 42.7 Å². The molecule has 4 heterocycles. The number of halogens is 3. The summed E-state index contributed by atoms with van der Waals surface area (Å²) >= 11 is 0. The summed E-state index contributed by atoms with van der Waals surface area (Å²) in [5.41, 5.74) is 6.01. The second-order valence-corrected chi connectivity index (χ2v) is 10.1. The number of hydrogen-bond acceptors (Lipinski definition) is 9.